The van der Waals surface area contributed by atoms with E-state index in [9.17, 15) is 4.79 Å². The highest BCUT2D eigenvalue weighted by molar-refractivity contribution is 6.05. The molecule has 0 radical (unpaired) electrons. The Morgan fingerprint density at radius 3 is 2.61 bits per heavy atom. The molecule has 0 aliphatic rings. The number of aromatic nitrogens is 2. The fourth-order valence-electron chi connectivity index (χ4n) is 2.35. The highest BCUT2D eigenvalue weighted by Gasteiger charge is 2.17. The Morgan fingerprint density at radius 2 is 1.91 bits per heavy atom. The number of hydrogen-bond donors (Lipinski definition) is 1. The highest BCUT2D eigenvalue weighted by Crippen LogP contribution is 2.16. The zero-order valence-corrected chi connectivity index (χ0v) is 13.8. The molecule has 5 nitrogen and oxygen atoms in total. The van der Waals surface area contributed by atoms with Crippen LogP contribution < -0.4 is 10.2 Å². The van der Waals surface area contributed by atoms with Crippen molar-refractivity contribution in [3.05, 3.63) is 48.4 Å². The Bertz CT molecular complexity index is 615. The first-order chi connectivity index (χ1) is 11.3. The molecule has 1 heterocycles. The second-order valence-electron chi connectivity index (χ2n) is 5.31. The summed E-state index contributed by atoms with van der Waals surface area (Å²) >= 11 is 0. The largest absolute Gasteiger partial charge is 0.370 e. The molecule has 1 N–H and O–H groups in total. The van der Waals surface area contributed by atoms with Gasteiger partial charge in [0.05, 0.1) is 0 Å². The lowest BCUT2D eigenvalue weighted by molar-refractivity contribution is 0.0983. The van der Waals surface area contributed by atoms with Gasteiger partial charge in [-0.15, -0.1) is 0 Å². The van der Waals surface area contributed by atoms with Gasteiger partial charge in [-0.3, -0.25) is 4.79 Å². The first kappa shape index (κ1) is 16.9. The number of para-hydroxylation sites is 1. The molecule has 0 saturated carbocycles. The van der Waals surface area contributed by atoms with Crippen LogP contribution in [0.15, 0.2) is 42.7 Å². The van der Waals surface area contributed by atoms with Crippen LogP contribution >= 0.6 is 0 Å². The molecule has 0 atom stereocenters. The molecule has 0 spiro atoms. The summed E-state index contributed by atoms with van der Waals surface area (Å²) in [6, 6.07) is 11.3. The van der Waals surface area contributed by atoms with Crippen LogP contribution in [0.25, 0.3) is 0 Å². The van der Waals surface area contributed by atoms with Gasteiger partial charge in [0.25, 0.3) is 5.91 Å². The molecule has 2 rings (SSSR count). The average molecular weight is 312 g/mol. The number of benzene rings is 1. The third-order valence-corrected chi connectivity index (χ3v) is 3.60. The number of carbonyl (C=O) groups excluding carboxylic acids is 1. The van der Waals surface area contributed by atoms with Crippen molar-refractivity contribution in [3.63, 3.8) is 0 Å². The van der Waals surface area contributed by atoms with Crippen LogP contribution in [-0.4, -0.2) is 29.0 Å². The van der Waals surface area contributed by atoms with E-state index < -0.39 is 0 Å². The van der Waals surface area contributed by atoms with Crippen molar-refractivity contribution >= 4 is 17.4 Å². The number of amides is 1. The van der Waals surface area contributed by atoms with Crippen molar-refractivity contribution < 1.29 is 4.79 Å². The minimum absolute atomic E-state index is 0.113. The van der Waals surface area contributed by atoms with E-state index in [1.807, 2.05) is 37.3 Å². The van der Waals surface area contributed by atoms with E-state index in [1.165, 1.54) is 19.2 Å². The lowest BCUT2D eigenvalue weighted by Gasteiger charge is -2.20. The normalized spacial score (nSPS) is 10.3. The Balaban J connectivity index is 2.09. The van der Waals surface area contributed by atoms with Gasteiger partial charge in [-0.25, -0.2) is 9.97 Å². The Kier molecular flexibility index (Phi) is 6.54. The minimum Gasteiger partial charge on any atom is -0.370 e. The predicted molar refractivity (Wildman–Crippen MR) is 93.8 cm³/mol. The summed E-state index contributed by atoms with van der Waals surface area (Å²) in [6.07, 6.45) is 4.89. The molecule has 0 unspecified atom stereocenters. The quantitative estimate of drug-likeness (QED) is 0.754. The highest BCUT2D eigenvalue weighted by atomic mass is 16.2. The first-order valence-corrected chi connectivity index (χ1v) is 8.19. The second-order valence-corrected chi connectivity index (χ2v) is 5.31. The van der Waals surface area contributed by atoms with Gasteiger partial charge < -0.3 is 10.2 Å². The topological polar surface area (TPSA) is 58.1 Å². The Hall–Kier alpha value is -2.43. The first-order valence-electron chi connectivity index (χ1n) is 8.19. The minimum atomic E-state index is -0.113. The lowest BCUT2D eigenvalue weighted by Crippen LogP contribution is -2.31. The van der Waals surface area contributed by atoms with Crippen LogP contribution in [0.1, 0.15) is 43.6 Å². The molecule has 5 heteroatoms. The summed E-state index contributed by atoms with van der Waals surface area (Å²) < 4.78 is 0. The molecular weight excluding hydrogens is 288 g/mol. The average Bonchev–Trinajstić information content (AvgIpc) is 2.60. The molecule has 122 valence electrons. The van der Waals surface area contributed by atoms with Crippen molar-refractivity contribution in [1.82, 2.24) is 9.97 Å². The summed E-state index contributed by atoms with van der Waals surface area (Å²) in [5, 5.41) is 3.25. The molecule has 0 aliphatic carbocycles. The molecule has 1 aromatic carbocycles. The molecule has 0 saturated heterocycles. The van der Waals surface area contributed by atoms with E-state index in [0.29, 0.717) is 18.1 Å². The molecule has 0 fully saturated rings. The van der Waals surface area contributed by atoms with E-state index in [4.69, 9.17) is 0 Å². The molecule has 2 aromatic rings. The summed E-state index contributed by atoms with van der Waals surface area (Å²) in [5.74, 6) is 0.585. The number of nitrogens with one attached hydrogen (secondary N) is 1. The monoisotopic (exact) mass is 312 g/mol. The molecule has 1 aromatic heterocycles. The van der Waals surface area contributed by atoms with Crippen molar-refractivity contribution in [1.29, 1.82) is 0 Å². The second kappa shape index (κ2) is 8.88. The van der Waals surface area contributed by atoms with Gasteiger partial charge in [0, 0.05) is 24.8 Å². The van der Waals surface area contributed by atoms with E-state index in [2.05, 4.69) is 22.2 Å². The number of rotatable bonds is 8. The molecule has 1 amide bonds. The lowest BCUT2D eigenvalue weighted by atomic mass is 10.2. The van der Waals surface area contributed by atoms with Gasteiger partial charge in [-0.1, -0.05) is 38.0 Å². The number of carbonyl (C=O) groups is 1. The SMILES string of the molecule is CCCCCNc1cc(C(=O)N(CC)c2ccccc2)ncn1. The van der Waals surface area contributed by atoms with E-state index in [1.54, 1.807) is 11.0 Å². The van der Waals surface area contributed by atoms with Crippen molar-refractivity contribution in [3.8, 4) is 0 Å². The van der Waals surface area contributed by atoms with Crippen LogP contribution in [0.3, 0.4) is 0 Å². The molecular formula is C18H24N4O. The number of unbranched alkanes of at least 4 members (excludes halogenated alkanes) is 2. The third-order valence-electron chi connectivity index (χ3n) is 3.60. The van der Waals surface area contributed by atoms with Crippen LogP contribution in [0.2, 0.25) is 0 Å². The molecule has 0 bridgehead atoms. The number of hydrogen-bond acceptors (Lipinski definition) is 4. The smallest absolute Gasteiger partial charge is 0.277 e. The zero-order chi connectivity index (χ0) is 16.5. The van der Waals surface area contributed by atoms with Gasteiger partial charge >= 0.3 is 0 Å². The van der Waals surface area contributed by atoms with Crippen molar-refractivity contribution in [2.24, 2.45) is 0 Å². The van der Waals surface area contributed by atoms with E-state index in [-0.39, 0.29) is 5.91 Å². The maximum absolute atomic E-state index is 12.7. The van der Waals surface area contributed by atoms with Gasteiger partial charge in [-0.05, 0) is 25.5 Å². The summed E-state index contributed by atoms with van der Waals surface area (Å²) in [6.45, 7) is 5.57. The number of anilines is 2. The molecule has 23 heavy (non-hydrogen) atoms. The third kappa shape index (κ3) is 4.77. The van der Waals surface area contributed by atoms with Gasteiger partial charge in [0.1, 0.15) is 17.8 Å². The number of nitrogens with zero attached hydrogens (tertiary/aromatic N) is 3. The van der Waals surface area contributed by atoms with Crippen LogP contribution in [0.4, 0.5) is 11.5 Å². The van der Waals surface area contributed by atoms with Crippen LogP contribution in [-0.2, 0) is 0 Å². The van der Waals surface area contributed by atoms with E-state index >= 15 is 0 Å². The van der Waals surface area contributed by atoms with Crippen LogP contribution in [0, 0.1) is 0 Å². The Labute approximate surface area is 137 Å². The maximum Gasteiger partial charge on any atom is 0.277 e. The fourth-order valence-corrected chi connectivity index (χ4v) is 2.35. The van der Waals surface area contributed by atoms with E-state index in [0.717, 1.165) is 18.7 Å². The Morgan fingerprint density at radius 1 is 1.13 bits per heavy atom. The summed E-state index contributed by atoms with van der Waals surface area (Å²) in [5.41, 5.74) is 1.28. The van der Waals surface area contributed by atoms with Crippen LogP contribution in [0.5, 0.6) is 0 Å². The molecule has 0 aliphatic heterocycles. The van der Waals surface area contributed by atoms with Gasteiger partial charge in [-0.2, -0.15) is 0 Å². The zero-order valence-electron chi connectivity index (χ0n) is 13.8. The standard InChI is InChI=1S/C18H24N4O/c1-3-5-9-12-19-17-13-16(20-14-21-17)18(23)22(4-2)15-10-7-6-8-11-15/h6-8,10-11,13-14H,3-5,9,12H2,1-2H3,(H,19,20,21). The fraction of sp³-hybridized carbons (Fsp3) is 0.389. The summed E-state index contributed by atoms with van der Waals surface area (Å²) in [7, 11) is 0. The van der Waals surface area contributed by atoms with Gasteiger partial charge in [0.15, 0.2) is 0 Å². The maximum atomic E-state index is 12.7. The van der Waals surface area contributed by atoms with Gasteiger partial charge in [0.2, 0.25) is 0 Å². The predicted octanol–water partition coefficient (Wildman–Crippen LogP) is 3.75. The van der Waals surface area contributed by atoms with Crippen molar-refractivity contribution in [2.45, 2.75) is 33.1 Å². The van der Waals surface area contributed by atoms with Crippen molar-refractivity contribution in [2.75, 3.05) is 23.3 Å². The summed E-state index contributed by atoms with van der Waals surface area (Å²) in [4.78, 5) is 22.7.